The maximum absolute atomic E-state index is 12.4. The molecule has 1 heterocycles. The molecule has 0 unspecified atom stereocenters. The molecule has 0 saturated heterocycles. The Morgan fingerprint density at radius 1 is 1.04 bits per heavy atom. The Morgan fingerprint density at radius 3 is 2.48 bits per heavy atom. The Morgan fingerprint density at radius 2 is 1.76 bits per heavy atom. The lowest BCUT2D eigenvalue weighted by atomic mass is 10.1. The third-order valence-corrected chi connectivity index (χ3v) is 3.74. The van der Waals surface area contributed by atoms with E-state index in [1.54, 1.807) is 36.4 Å². The van der Waals surface area contributed by atoms with Gasteiger partial charge in [-0.1, -0.05) is 23.8 Å². The maximum atomic E-state index is 12.4. The van der Waals surface area contributed by atoms with Gasteiger partial charge in [0.15, 0.2) is 11.5 Å². The van der Waals surface area contributed by atoms with Crippen LogP contribution in [0.15, 0.2) is 48.2 Å². The molecule has 2 amide bonds. The largest absolute Gasteiger partial charge is 0.454 e. The maximum Gasteiger partial charge on any atom is 0.267 e. The highest BCUT2D eigenvalue weighted by molar-refractivity contribution is 6.05. The predicted octanol–water partition coefficient (Wildman–Crippen LogP) is 2.24. The van der Waals surface area contributed by atoms with Crippen LogP contribution in [0.4, 0.5) is 0 Å². The number of rotatable bonds is 4. The van der Waals surface area contributed by atoms with E-state index < -0.39 is 5.91 Å². The molecule has 0 aromatic heterocycles. The van der Waals surface area contributed by atoms with Crippen molar-refractivity contribution in [2.24, 2.45) is 0 Å². The number of benzene rings is 2. The number of likely N-dealkylation sites (N-methyl/N-ethyl adjacent to an activating group) is 1. The SMILES string of the molecule is CNC(=O)/C(=C/c1ccc2c(c1)OCO2)NC(=O)c1ccc(C)cc1. The fraction of sp³-hybridized carbons (Fsp3) is 0.158. The van der Waals surface area contributed by atoms with Gasteiger partial charge in [-0.2, -0.15) is 0 Å². The van der Waals surface area contributed by atoms with E-state index in [0.29, 0.717) is 22.6 Å². The molecule has 3 rings (SSSR count). The number of carbonyl (C=O) groups is 2. The first-order chi connectivity index (χ1) is 12.1. The van der Waals surface area contributed by atoms with E-state index in [-0.39, 0.29) is 18.4 Å². The monoisotopic (exact) mass is 338 g/mol. The van der Waals surface area contributed by atoms with Crippen molar-refractivity contribution in [2.75, 3.05) is 13.8 Å². The lowest BCUT2D eigenvalue weighted by Gasteiger charge is -2.09. The van der Waals surface area contributed by atoms with Gasteiger partial charge in [-0.3, -0.25) is 9.59 Å². The minimum atomic E-state index is -0.391. The number of fused-ring (bicyclic) bond motifs is 1. The zero-order valence-corrected chi connectivity index (χ0v) is 14.0. The third-order valence-electron chi connectivity index (χ3n) is 3.74. The summed E-state index contributed by atoms with van der Waals surface area (Å²) < 4.78 is 10.6. The number of hydrogen-bond donors (Lipinski definition) is 2. The highest BCUT2D eigenvalue weighted by Gasteiger charge is 2.16. The van der Waals surface area contributed by atoms with Gasteiger partial charge in [-0.25, -0.2) is 0 Å². The smallest absolute Gasteiger partial charge is 0.267 e. The highest BCUT2D eigenvalue weighted by Crippen LogP contribution is 2.33. The number of amides is 2. The number of carbonyl (C=O) groups excluding carboxylic acids is 2. The summed E-state index contributed by atoms with van der Waals surface area (Å²) >= 11 is 0. The lowest BCUT2D eigenvalue weighted by molar-refractivity contribution is -0.117. The van der Waals surface area contributed by atoms with Crippen LogP contribution in [0.2, 0.25) is 0 Å². The predicted molar refractivity (Wildman–Crippen MR) is 93.3 cm³/mol. The minimum absolute atomic E-state index is 0.145. The van der Waals surface area contributed by atoms with E-state index in [1.807, 2.05) is 19.1 Å². The van der Waals surface area contributed by atoms with E-state index in [2.05, 4.69) is 10.6 Å². The first kappa shape index (κ1) is 16.6. The third kappa shape index (κ3) is 3.80. The number of aryl methyl sites for hydroxylation is 1. The molecule has 0 fully saturated rings. The summed E-state index contributed by atoms with van der Waals surface area (Å²) in [6.07, 6.45) is 1.59. The van der Waals surface area contributed by atoms with Crippen molar-refractivity contribution in [1.29, 1.82) is 0 Å². The van der Waals surface area contributed by atoms with Crippen LogP contribution < -0.4 is 20.1 Å². The van der Waals surface area contributed by atoms with Gasteiger partial charge in [0.1, 0.15) is 5.70 Å². The van der Waals surface area contributed by atoms with Gasteiger partial charge < -0.3 is 20.1 Å². The second-order valence-corrected chi connectivity index (χ2v) is 5.57. The van der Waals surface area contributed by atoms with Crippen molar-refractivity contribution in [3.05, 3.63) is 64.9 Å². The lowest BCUT2D eigenvalue weighted by Crippen LogP contribution is -2.33. The second-order valence-electron chi connectivity index (χ2n) is 5.57. The van der Waals surface area contributed by atoms with Gasteiger partial charge >= 0.3 is 0 Å². The molecular weight excluding hydrogens is 320 g/mol. The van der Waals surface area contributed by atoms with Gasteiger partial charge in [0.25, 0.3) is 11.8 Å². The molecule has 0 bridgehead atoms. The van der Waals surface area contributed by atoms with Crippen molar-refractivity contribution in [3.8, 4) is 11.5 Å². The van der Waals surface area contributed by atoms with Crippen LogP contribution >= 0.6 is 0 Å². The van der Waals surface area contributed by atoms with Crippen molar-refractivity contribution >= 4 is 17.9 Å². The molecule has 2 aromatic rings. The molecule has 0 atom stereocenters. The van der Waals surface area contributed by atoms with Crippen LogP contribution in [0.3, 0.4) is 0 Å². The average molecular weight is 338 g/mol. The molecule has 0 radical (unpaired) electrons. The summed E-state index contributed by atoms with van der Waals surface area (Å²) in [6.45, 7) is 2.12. The van der Waals surface area contributed by atoms with E-state index >= 15 is 0 Å². The molecule has 6 nitrogen and oxygen atoms in total. The average Bonchev–Trinajstić information content (AvgIpc) is 3.08. The van der Waals surface area contributed by atoms with Gasteiger partial charge in [-0.05, 0) is 42.8 Å². The van der Waals surface area contributed by atoms with Crippen molar-refractivity contribution < 1.29 is 19.1 Å². The van der Waals surface area contributed by atoms with E-state index in [9.17, 15) is 9.59 Å². The van der Waals surface area contributed by atoms with Gasteiger partial charge in [-0.15, -0.1) is 0 Å². The van der Waals surface area contributed by atoms with E-state index in [0.717, 1.165) is 5.56 Å². The number of nitrogens with one attached hydrogen (secondary N) is 2. The fourth-order valence-corrected chi connectivity index (χ4v) is 2.36. The number of ether oxygens (including phenoxy) is 2. The van der Waals surface area contributed by atoms with Crippen LogP contribution in [0, 0.1) is 6.92 Å². The Bertz CT molecular complexity index is 841. The molecule has 1 aliphatic heterocycles. The quantitative estimate of drug-likeness (QED) is 0.838. The Labute approximate surface area is 145 Å². The van der Waals surface area contributed by atoms with E-state index in [1.165, 1.54) is 7.05 Å². The van der Waals surface area contributed by atoms with Crippen LogP contribution in [-0.4, -0.2) is 25.7 Å². The topological polar surface area (TPSA) is 76.7 Å². The van der Waals surface area contributed by atoms with E-state index in [4.69, 9.17) is 9.47 Å². The first-order valence-corrected chi connectivity index (χ1v) is 7.78. The van der Waals surface area contributed by atoms with Crippen LogP contribution in [0.25, 0.3) is 6.08 Å². The summed E-state index contributed by atoms with van der Waals surface area (Å²) in [7, 11) is 1.51. The zero-order chi connectivity index (χ0) is 17.8. The molecule has 2 aromatic carbocycles. The summed E-state index contributed by atoms with van der Waals surface area (Å²) in [5.74, 6) is 0.519. The van der Waals surface area contributed by atoms with Gasteiger partial charge in [0.2, 0.25) is 6.79 Å². The molecule has 1 aliphatic rings. The fourth-order valence-electron chi connectivity index (χ4n) is 2.36. The van der Waals surface area contributed by atoms with Crippen LogP contribution in [-0.2, 0) is 4.79 Å². The van der Waals surface area contributed by atoms with Crippen molar-refractivity contribution in [3.63, 3.8) is 0 Å². The zero-order valence-electron chi connectivity index (χ0n) is 14.0. The Hall–Kier alpha value is -3.28. The van der Waals surface area contributed by atoms with Gasteiger partial charge in [0.05, 0.1) is 0 Å². The normalized spacial score (nSPS) is 12.6. The Balaban J connectivity index is 1.85. The molecule has 6 heteroatoms. The standard InChI is InChI=1S/C19H18N2O4/c1-12-3-6-14(7-4-12)18(22)21-15(19(23)20-2)9-13-5-8-16-17(10-13)25-11-24-16/h3-10H,11H2,1-2H3,(H,20,23)(H,21,22)/b15-9-. The van der Waals surface area contributed by atoms with Crippen molar-refractivity contribution in [2.45, 2.75) is 6.92 Å². The Kier molecular flexibility index (Phi) is 4.70. The molecule has 0 spiro atoms. The molecule has 0 aliphatic carbocycles. The summed E-state index contributed by atoms with van der Waals surface area (Å²) in [4.78, 5) is 24.5. The minimum Gasteiger partial charge on any atom is -0.454 e. The molecule has 25 heavy (non-hydrogen) atoms. The van der Waals surface area contributed by atoms with Crippen molar-refractivity contribution in [1.82, 2.24) is 10.6 Å². The molecule has 128 valence electrons. The first-order valence-electron chi connectivity index (χ1n) is 7.78. The molecule has 0 saturated carbocycles. The van der Waals surface area contributed by atoms with Crippen LogP contribution in [0.5, 0.6) is 11.5 Å². The highest BCUT2D eigenvalue weighted by atomic mass is 16.7. The summed E-state index contributed by atoms with van der Waals surface area (Å²) in [5.41, 5.74) is 2.39. The van der Waals surface area contributed by atoms with Gasteiger partial charge in [0, 0.05) is 12.6 Å². The second kappa shape index (κ2) is 7.09. The molecular formula is C19H18N2O4. The molecule has 2 N–H and O–H groups in total. The van der Waals surface area contributed by atoms with Crippen LogP contribution in [0.1, 0.15) is 21.5 Å². The summed E-state index contributed by atoms with van der Waals surface area (Å²) in [5, 5.41) is 5.18. The summed E-state index contributed by atoms with van der Waals surface area (Å²) in [6, 6.07) is 12.4. The number of hydrogen-bond acceptors (Lipinski definition) is 4.